The van der Waals surface area contributed by atoms with Crippen LogP contribution in [0.25, 0.3) is 11.5 Å². The van der Waals surface area contributed by atoms with E-state index < -0.39 is 0 Å². The van der Waals surface area contributed by atoms with E-state index in [1.807, 2.05) is 28.4 Å². The normalized spacial score (nSPS) is 12.4. The Morgan fingerprint density at radius 1 is 1.23 bits per heavy atom. The first-order valence-corrected chi connectivity index (χ1v) is 7.86. The Labute approximate surface area is 133 Å². The lowest BCUT2D eigenvalue weighted by Crippen LogP contribution is -2.11. The lowest BCUT2D eigenvalue weighted by Gasteiger charge is -2.03. The number of furan rings is 1. The molecule has 1 aromatic carbocycles. The third-order valence-corrected chi connectivity index (χ3v) is 4.30. The van der Waals surface area contributed by atoms with Crippen molar-refractivity contribution in [2.75, 3.05) is 7.05 Å². The summed E-state index contributed by atoms with van der Waals surface area (Å²) in [7, 11) is 1.76. The Bertz CT molecular complexity index is 870. The van der Waals surface area contributed by atoms with Crippen molar-refractivity contribution in [3.8, 4) is 11.5 Å². The number of aryl methyl sites for hydroxylation is 2. The second-order valence-corrected chi connectivity index (χ2v) is 5.86. The van der Waals surface area contributed by atoms with Gasteiger partial charge in [0, 0.05) is 12.4 Å². The molecule has 3 rings (SSSR count). The van der Waals surface area contributed by atoms with Crippen LogP contribution in [-0.2, 0) is 0 Å². The van der Waals surface area contributed by atoms with Gasteiger partial charge in [0.1, 0.15) is 5.69 Å². The number of hydrogen-bond acceptors (Lipinski definition) is 4. The molecule has 5 heteroatoms. The summed E-state index contributed by atoms with van der Waals surface area (Å²) in [4.78, 5) is 5.10. The van der Waals surface area contributed by atoms with Gasteiger partial charge in [0.25, 0.3) is 0 Å². The van der Waals surface area contributed by atoms with Crippen LogP contribution in [0.4, 0.5) is 0 Å². The van der Waals surface area contributed by atoms with E-state index in [1.54, 1.807) is 13.3 Å². The van der Waals surface area contributed by atoms with Gasteiger partial charge >= 0.3 is 0 Å². The summed E-state index contributed by atoms with van der Waals surface area (Å²) in [6.45, 7) is 4.18. The lowest BCUT2D eigenvalue weighted by atomic mass is 10.1. The van der Waals surface area contributed by atoms with E-state index in [-0.39, 0.29) is 0 Å². The average Bonchev–Trinajstić information content (AvgIpc) is 3.15. The van der Waals surface area contributed by atoms with Gasteiger partial charge in [-0.15, -0.1) is 11.3 Å². The van der Waals surface area contributed by atoms with Crippen LogP contribution in [0.1, 0.15) is 16.7 Å². The number of thiazole rings is 1. The average molecular weight is 311 g/mol. The van der Waals surface area contributed by atoms with E-state index >= 15 is 0 Å². The van der Waals surface area contributed by atoms with Crippen LogP contribution in [-0.4, -0.2) is 17.9 Å². The molecule has 2 aromatic heterocycles. The first-order chi connectivity index (χ1) is 10.7. The molecular weight excluding hydrogens is 294 g/mol. The first-order valence-electron chi connectivity index (χ1n) is 6.98. The second-order valence-electron chi connectivity index (χ2n) is 5.02. The van der Waals surface area contributed by atoms with Crippen molar-refractivity contribution < 1.29 is 4.42 Å². The van der Waals surface area contributed by atoms with E-state index in [4.69, 9.17) is 4.42 Å². The highest BCUT2D eigenvalue weighted by atomic mass is 32.1. The second kappa shape index (κ2) is 6.15. The number of hydrogen-bond donors (Lipinski definition) is 0. The van der Waals surface area contributed by atoms with Crippen molar-refractivity contribution in [3.63, 3.8) is 0 Å². The molecule has 4 nitrogen and oxygen atoms in total. The molecular formula is C17H17N3OS. The van der Waals surface area contributed by atoms with E-state index in [9.17, 15) is 0 Å². The molecule has 0 unspecified atom stereocenters. The SMILES string of the molecule is CN=c1scc(-c2ccco2)n1N=Cc1ccc(C)cc1C. The van der Waals surface area contributed by atoms with Gasteiger partial charge in [-0.2, -0.15) is 5.10 Å². The monoisotopic (exact) mass is 311 g/mol. The first kappa shape index (κ1) is 14.5. The highest BCUT2D eigenvalue weighted by molar-refractivity contribution is 7.07. The van der Waals surface area contributed by atoms with Gasteiger partial charge in [-0.25, -0.2) is 4.68 Å². The molecule has 0 fully saturated rings. The maximum absolute atomic E-state index is 5.48. The van der Waals surface area contributed by atoms with Gasteiger partial charge in [-0.05, 0) is 37.1 Å². The molecule has 22 heavy (non-hydrogen) atoms. The summed E-state index contributed by atoms with van der Waals surface area (Å²) >= 11 is 1.54. The fourth-order valence-corrected chi connectivity index (χ4v) is 3.03. The Kier molecular flexibility index (Phi) is 4.06. The van der Waals surface area contributed by atoms with Crippen molar-refractivity contribution in [2.24, 2.45) is 10.1 Å². The Morgan fingerprint density at radius 3 is 2.77 bits per heavy atom. The fourth-order valence-electron chi connectivity index (χ4n) is 2.25. The minimum Gasteiger partial charge on any atom is -0.463 e. The van der Waals surface area contributed by atoms with Crippen molar-refractivity contribution in [2.45, 2.75) is 13.8 Å². The molecule has 2 heterocycles. The van der Waals surface area contributed by atoms with Crippen molar-refractivity contribution >= 4 is 17.6 Å². The molecule has 3 aromatic rings. The molecule has 112 valence electrons. The zero-order chi connectivity index (χ0) is 15.5. The summed E-state index contributed by atoms with van der Waals surface area (Å²) in [5, 5.41) is 6.60. The summed E-state index contributed by atoms with van der Waals surface area (Å²) in [5.41, 5.74) is 4.45. The Morgan fingerprint density at radius 2 is 2.09 bits per heavy atom. The van der Waals surface area contributed by atoms with Crippen molar-refractivity contribution in [1.29, 1.82) is 0 Å². The molecule has 0 amide bonds. The van der Waals surface area contributed by atoms with Crippen LogP contribution in [0.2, 0.25) is 0 Å². The minimum absolute atomic E-state index is 0.781. The molecule has 0 spiro atoms. The summed E-state index contributed by atoms with van der Waals surface area (Å²) in [5.74, 6) is 0.781. The van der Waals surface area contributed by atoms with Crippen LogP contribution in [0.3, 0.4) is 0 Å². The maximum atomic E-state index is 5.48. The molecule has 0 radical (unpaired) electrons. The quantitative estimate of drug-likeness (QED) is 0.678. The van der Waals surface area contributed by atoms with Crippen molar-refractivity contribution in [3.05, 3.63) is 63.5 Å². The summed E-state index contributed by atoms with van der Waals surface area (Å²) in [6, 6.07) is 10.1. The minimum atomic E-state index is 0.781. The van der Waals surface area contributed by atoms with E-state index in [0.717, 1.165) is 21.8 Å². The number of aromatic nitrogens is 1. The summed E-state index contributed by atoms with van der Waals surface area (Å²) in [6.07, 6.45) is 3.52. The maximum Gasteiger partial charge on any atom is 0.206 e. The molecule has 0 aliphatic carbocycles. The number of benzene rings is 1. The molecule has 0 aliphatic heterocycles. The highest BCUT2D eigenvalue weighted by Gasteiger charge is 2.09. The van der Waals surface area contributed by atoms with Crippen LogP contribution >= 0.6 is 11.3 Å². The van der Waals surface area contributed by atoms with E-state index in [1.165, 1.54) is 22.5 Å². The third-order valence-electron chi connectivity index (χ3n) is 3.39. The predicted molar refractivity (Wildman–Crippen MR) is 90.4 cm³/mol. The zero-order valence-electron chi connectivity index (χ0n) is 12.8. The Balaban J connectivity index is 2.05. The van der Waals surface area contributed by atoms with E-state index in [2.05, 4.69) is 42.1 Å². The van der Waals surface area contributed by atoms with Crippen molar-refractivity contribution in [1.82, 2.24) is 4.68 Å². The van der Waals surface area contributed by atoms with Crippen LogP contribution in [0.5, 0.6) is 0 Å². The predicted octanol–water partition coefficient (Wildman–Crippen LogP) is 3.84. The summed E-state index contributed by atoms with van der Waals surface area (Å²) < 4.78 is 7.29. The molecule has 0 bridgehead atoms. The number of nitrogens with zero attached hydrogens (tertiary/aromatic N) is 3. The van der Waals surface area contributed by atoms with Gasteiger partial charge in [-0.3, -0.25) is 4.99 Å². The van der Waals surface area contributed by atoms with Gasteiger partial charge in [0.2, 0.25) is 4.80 Å². The lowest BCUT2D eigenvalue weighted by molar-refractivity contribution is 0.575. The zero-order valence-corrected chi connectivity index (χ0v) is 13.6. The highest BCUT2D eigenvalue weighted by Crippen LogP contribution is 2.20. The molecule has 0 atom stereocenters. The number of rotatable bonds is 3. The van der Waals surface area contributed by atoms with Gasteiger partial charge in [0.15, 0.2) is 5.76 Å². The smallest absolute Gasteiger partial charge is 0.206 e. The largest absolute Gasteiger partial charge is 0.463 e. The van der Waals surface area contributed by atoms with E-state index in [0.29, 0.717) is 0 Å². The van der Waals surface area contributed by atoms with Crippen LogP contribution in [0.15, 0.2) is 56.5 Å². The Hall–Kier alpha value is -2.40. The molecule has 0 N–H and O–H groups in total. The van der Waals surface area contributed by atoms with Gasteiger partial charge in [0.05, 0.1) is 12.5 Å². The van der Waals surface area contributed by atoms with Gasteiger partial charge < -0.3 is 4.42 Å². The fraction of sp³-hybridized carbons (Fsp3) is 0.176. The topological polar surface area (TPSA) is 42.8 Å². The molecule has 0 aliphatic rings. The van der Waals surface area contributed by atoms with Gasteiger partial charge in [-0.1, -0.05) is 23.8 Å². The van der Waals surface area contributed by atoms with Crippen LogP contribution in [0, 0.1) is 13.8 Å². The molecule has 0 saturated carbocycles. The standard InChI is InChI=1S/C17H17N3OS/c1-12-6-7-14(13(2)9-12)10-19-20-15(11-22-17(20)18-3)16-5-4-8-21-16/h4-11H,1-3H3. The molecule has 0 saturated heterocycles. The van der Waals surface area contributed by atoms with Crippen LogP contribution < -0.4 is 4.80 Å². The third kappa shape index (κ3) is 2.80.